The molecule has 132 valence electrons. The van der Waals surface area contributed by atoms with Crippen LogP contribution in [-0.4, -0.2) is 27.8 Å². The van der Waals surface area contributed by atoms with Crippen LogP contribution in [-0.2, 0) is 21.4 Å². The first-order valence-corrected chi connectivity index (χ1v) is 8.11. The molecule has 1 N–H and O–H groups in total. The number of nitrogens with zero attached hydrogens (tertiary/aromatic N) is 2. The van der Waals surface area contributed by atoms with Gasteiger partial charge < -0.3 is 10.1 Å². The van der Waals surface area contributed by atoms with Crippen molar-refractivity contribution in [1.82, 2.24) is 9.78 Å². The van der Waals surface area contributed by atoms with E-state index in [0.29, 0.717) is 10.7 Å². The topological polar surface area (TPSA) is 73.2 Å². The lowest BCUT2D eigenvalue weighted by Crippen LogP contribution is -2.29. The summed E-state index contributed by atoms with van der Waals surface area (Å²) in [5.41, 5.74) is 3.19. The molecule has 0 radical (unpaired) electrons. The first-order valence-electron chi connectivity index (χ1n) is 7.73. The Labute approximate surface area is 151 Å². The lowest BCUT2D eigenvalue weighted by molar-refractivity contribution is -0.148. The minimum Gasteiger partial charge on any atom is -0.449 e. The van der Waals surface area contributed by atoms with Gasteiger partial charge in [0.05, 0.1) is 5.69 Å². The molecule has 25 heavy (non-hydrogen) atoms. The van der Waals surface area contributed by atoms with Crippen molar-refractivity contribution in [3.05, 3.63) is 52.3 Å². The number of benzene rings is 1. The molecule has 0 aliphatic rings. The Hall–Kier alpha value is -2.60. The fourth-order valence-electron chi connectivity index (χ4n) is 2.23. The summed E-state index contributed by atoms with van der Waals surface area (Å²) in [4.78, 5) is 24.0. The molecule has 0 spiro atoms. The van der Waals surface area contributed by atoms with Crippen LogP contribution in [0.4, 0.5) is 5.69 Å². The van der Waals surface area contributed by atoms with E-state index >= 15 is 0 Å². The zero-order chi connectivity index (χ0) is 18.6. The Bertz CT molecular complexity index is 810. The monoisotopic (exact) mass is 361 g/mol. The molecule has 0 aliphatic heterocycles. The minimum atomic E-state index is -0.927. The highest BCUT2D eigenvalue weighted by molar-refractivity contribution is 6.30. The quantitative estimate of drug-likeness (QED) is 0.655. The molecule has 7 heteroatoms. The van der Waals surface area contributed by atoms with E-state index < -0.39 is 18.0 Å². The Morgan fingerprint density at radius 1 is 1.28 bits per heavy atom. The van der Waals surface area contributed by atoms with Crippen LogP contribution in [0.5, 0.6) is 0 Å². The highest BCUT2D eigenvalue weighted by Crippen LogP contribution is 2.15. The zero-order valence-electron chi connectivity index (χ0n) is 14.5. The lowest BCUT2D eigenvalue weighted by atomic mass is 10.2. The third-order valence-electron chi connectivity index (χ3n) is 3.72. The van der Waals surface area contributed by atoms with Gasteiger partial charge in [-0.25, -0.2) is 4.79 Å². The molecule has 0 bridgehead atoms. The van der Waals surface area contributed by atoms with Crippen LogP contribution in [0.25, 0.3) is 6.08 Å². The molecule has 0 saturated carbocycles. The Balaban J connectivity index is 1.93. The smallest absolute Gasteiger partial charge is 0.331 e. The predicted molar refractivity (Wildman–Crippen MR) is 97.4 cm³/mol. The molecule has 6 nitrogen and oxygen atoms in total. The van der Waals surface area contributed by atoms with Crippen molar-refractivity contribution < 1.29 is 14.3 Å². The van der Waals surface area contributed by atoms with E-state index in [1.165, 1.54) is 13.0 Å². The number of aryl methyl sites for hydroxylation is 2. The van der Waals surface area contributed by atoms with Gasteiger partial charge in [-0.3, -0.25) is 9.48 Å². The van der Waals surface area contributed by atoms with Gasteiger partial charge in [0.15, 0.2) is 6.10 Å². The van der Waals surface area contributed by atoms with Crippen molar-refractivity contribution in [1.29, 1.82) is 0 Å². The van der Waals surface area contributed by atoms with Crippen molar-refractivity contribution in [3.8, 4) is 0 Å². The SMILES string of the molecule is Cc1nn(C)c(C)c1/C=C/C(=O)O[C@@H](C)C(=O)Nc1ccc(Cl)cc1. The average Bonchev–Trinajstić information content (AvgIpc) is 2.80. The summed E-state index contributed by atoms with van der Waals surface area (Å²) in [5, 5.41) is 7.50. The third kappa shape index (κ3) is 4.93. The molecular weight excluding hydrogens is 342 g/mol. The lowest BCUT2D eigenvalue weighted by Gasteiger charge is -2.12. The third-order valence-corrected chi connectivity index (χ3v) is 3.98. The van der Waals surface area contributed by atoms with E-state index in [2.05, 4.69) is 10.4 Å². The Kier molecular flexibility index (Phi) is 5.98. The fraction of sp³-hybridized carbons (Fsp3) is 0.278. The molecule has 1 heterocycles. The number of rotatable bonds is 5. The summed E-state index contributed by atoms with van der Waals surface area (Å²) < 4.78 is 6.86. The van der Waals surface area contributed by atoms with E-state index in [4.69, 9.17) is 16.3 Å². The van der Waals surface area contributed by atoms with E-state index in [9.17, 15) is 9.59 Å². The molecule has 1 aromatic carbocycles. The number of nitrogens with one attached hydrogen (secondary N) is 1. The first kappa shape index (κ1) is 18.7. The van der Waals surface area contributed by atoms with E-state index in [-0.39, 0.29) is 0 Å². The number of carbonyl (C=O) groups excluding carboxylic acids is 2. The van der Waals surface area contributed by atoms with Crippen molar-refractivity contribution in [2.45, 2.75) is 26.9 Å². The van der Waals surface area contributed by atoms with Crippen LogP contribution >= 0.6 is 11.6 Å². The number of ether oxygens (including phenoxy) is 1. The summed E-state index contributed by atoms with van der Waals surface area (Å²) in [5.74, 6) is -1.01. The van der Waals surface area contributed by atoms with Crippen LogP contribution in [0.2, 0.25) is 5.02 Å². The van der Waals surface area contributed by atoms with Gasteiger partial charge in [0.1, 0.15) is 0 Å². The number of carbonyl (C=O) groups is 2. The summed E-state index contributed by atoms with van der Waals surface area (Å²) in [7, 11) is 1.83. The first-order chi connectivity index (χ1) is 11.8. The Morgan fingerprint density at radius 3 is 2.48 bits per heavy atom. The molecule has 1 amide bonds. The number of aromatic nitrogens is 2. The summed E-state index contributed by atoms with van der Waals surface area (Å²) in [6.07, 6.45) is 2.01. The molecular formula is C18H20ClN3O3. The maximum atomic E-state index is 12.1. The van der Waals surface area contributed by atoms with Gasteiger partial charge in [-0.15, -0.1) is 0 Å². The van der Waals surface area contributed by atoms with Gasteiger partial charge >= 0.3 is 5.97 Å². The largest absolute Gasteiger partial charge is 0.449 e. The highest BCUT2D eigenvalue weighted by atomic mass is 35.5. The van der Waals surface area contributed by atoms with Crippen LogP contribution in [0, 0.1) is 13.8 Å². The molecule has 0 unspecified atom stereocenters. The van der Waals surface area contributed by atoms with Crippen molar-refractivity contribution in [3.63, 3.8) is 0 Å². The second-order valence-corrected chi connectivity index (χ2v) is 6.05. The second kappa shape index (κ2) is 7.98. The predicted octanol–water partition coefficient (Wildman–Crippen LogP) is 3.27. The van der Waals surface area contributed by atoms with E-state index in [1.54, 1.807) is 35.0 Å². The van der Waals surface area contributed by atoms with Gasteiger partial charge in [0, 0.05) is 35.1 Å². The van der Waals surface area contributed by atoms with Gasteiger partial charge in [-0.1, -0.05) is 11.6 Å². The molecule has 2 aromatic rings. The van der Waals surface area contributed by atoms with E-state index in [1.807, 2.05) is 20.9 Å². The summed E-state index contributed by atoms with van der Waals surface area (Å²) in [6, 6.07) is 6.66. The van der Waals surface area contributed by atoms with E-state index in [0.717, 1.165) is 17.0 Å². The van der Waals surface area contributed by atoms with Crippen molar-refractivity contribution >= 4 is 35.2 Å². The summed E-state index contributed by atoms with van der Waals surface area (Å²) >= 11 is 5.79. The van der Waals surface area contributed by atoms with Crippen molar-refractivity contribution in [2.75, 3.05) is 5.32 Å². The highest BCUT2D eigenvalue weighted by Gasteiger charge is 2.17. The number of esters is 1. The van der Waals surface area contributed by atoms with Gasteiger partial charge in [0.2, 0.25) is 0 Å². The van der Waals surface area contributed by atoms with Crippen LogP contribution in [0.1, 0.15) is 23.9 Å². The normalized spacial score (nSPS) is 12.2. The number of hydrogen-bond donors (Lipinski definition) is 1. The number of halogens is 1. The van der Waals surface area contributed by atoms with Crippen LogP contribution < -0.4 is 5.32 Å². The molecule has 2 rings (SSSR count). The Morgan fingerprint density at radius 2 is 1.92 bits per heavy atom. The minimum absolute atomic E-state index is 0.419. The van der Waals surface area contributed by atoms with Gasteiger partial charge in [-0.2, -0.15) is 5.10 Å². The van der Waals surface area contributed by atoms with Crippen molar-refractivity contribution in [2.24, 2.45) is 7.05 Å². The fourth-order valence-corrected chi connectivity index (χ4v) is 2.35. The van der Waals surface area contributed by atoms with Crippen LogP contribution in [0.3, 0.4) is 0 Å². The molecule has 1 aromatic heterocycles. The standard InChI is InChI=1S/C18H20ClN3O3/c1-11-16(12(2)22(4)21-11)9-10-17(23)25-13(3)18(24)20-15-7-5-14(19)6-8-15/h5-10,13H,1-4H3,(H,20,24)/b10-9+/t13-/m0/s1. The van der Waals surface area contributed by atoms with Gasteiger partial charge in [0.25, 0.3) is 5.91 Å². The number of amides is 1. The maximum Gasteiger partial charge on any atom is 0.331 e. The molecule has 0 aliphatic carbocycles. The summed E-state index contributed by atoms with van der Waals surface area (Å²) in [6.45, 7) is 5.28. The van der Waals surface area contributed by atoms with Crippen LogP contribution in [0.15, 0.2) is 30.3 Å². The number of hydrogen-bond acceptors (Lipinski definition) is 4. The van der Waals surface area contributed by atoms with Gasteiger partial charge in [-0.05, 0) is 51.1 Å². The zero-order valence-corrected chi connectivity index (χ0v) is 15.3. The average molecular weight is 362 g/mol. The molecule has 0 saturated heterocycles. The molecule has 1 atom stereocenters. The second-order valence-electron chi connectivity index (χ2n) is 5.62. The maximum absolute atomic E-state index is 12.1. The number of anilines is 1. The molecule has 0 fully saturated rings.